The highest BCUT2D eigenvalue weighted by Crippen LogP contribution is 2.28. The second-order valence-corrected chi connectivity index (χ2v) is 4.62. The van der Waals surface area contributed by atoms with E-state index in [4.69, 9.17) is 0 Å². The molecule has 0 fully saturated rings. The van der Waals surface area contributed by atoms with Crippen LogP contribution >= 0.6 is 0 Å². The number of nitrogens with zero attached hydrogens (tertiary/aromatic N) is 1. The van der Waals surface area contributed by atoms with Crippen LogP contribution in [0.25, 0.3) is 16.5 Å². The fourth-order valence-electron chi connectivity index (χ4n) is 2.20. The van der Waals surface area contributed by atoms with Crippen molar-refractivity contribution in [1.29, 1.82) is 0 Å². The Morgan fingerprint density at radius 3 is 2.60 bits per heavy atom. The molecular weight excluding hydrogens is 366 g/mol. The third-order valence-corrected chi connectivity index (χ3v) is 3.30. The number of rotatable bonds is 2. The molecule has 0 aliphatic heterocycles. The van der Waals surface area contributed by atoms with Crippen molar-refractivity contribution in [3.63, 3.8) is 0 Å². The highest BCUT2D eigenvalue weighted by molar-refractivity contribution is 5.96. The second kappa shape index (κ2) is 5.75. The summed E-state index contributed by atoms with van der Waals surface area (Å²) in [6, 6.07) is 8.73. The third kappa shape index (κ3) is 2.60. The van der Waals surface area contributed by atoms with Crippen molar-refractivity contribution < 1.29 is 32.9 Å². The molecule has 2 heterocycles. The Balaban J connectivity index is 0.00000147. The quantitative estimate of drug-likeness (QED) is 0.484. The minimum atomic E-state index is -0.236. The van der Waals surface area contributed by atoms with Crippen molar-refractivity contribution >= 4 is 16.5 Å². The van der Waals surface area contributed by atoms with Crippen LogP contribution < -0.4 is 28.5 Å². The normalized spacial score (nSPS) is 10.3. The lowest BCUT2D eigenvalue weighted by Gasteiger charge is -2.03. The molecule has 0 amide bonds. The van der Waals surface area contributed by atoms with Gasteiger partial charge >= 0.3 is 0 Å². The molecule has 2 aromatic heterocycles. The van der Waals surface area contributed by atoms with Gasteiger partial charge < -0.3 is 29.0 Å². The summed E-state index contributed by atoms with van der Waals surface area (Å²) in [4.78, 5) is 3.14. The Morgan fingerprint density at radius 2 is 1.90 bits per heavy atom. The number of hydrogen-bond donors (Lipinski definition) is 1. The molecule has 20 heavy (non-hydrogen) atoms. The number of fused-ring (bicyclic) bond motifs is 1. The maximum absolute atomic E-state index is 13.4. The summed E-state index contributed by atoms with van der Waals surface area (Å²) in [6.45, 7) is 4.13. The maximum Gasteiger partial charge on any atom is 0.169 e. The van der Waals surface area contributed by atoms with Gasteiger partial charge in [0.1, 0.15) is 12.9 Å². The van der Waals surface area contributed by atoms with Crippen molar-refractivity contribution in [1.82, 2.24) is 4.98 Å². The first-order valence-corrected chi connectivity index (χ1v) is 6.07. The monoisotopic (exact) mass is 380 g/mol. The third-order valence-electron chi connectivity index (χ3n) is 3.30. The Hall–Kier alpha value is -1.69. The van der Waals surface area contributed by atoms with E-state index in [0.29, 0.717) is 0 Å². The van der Waals surface area contributed by atoms with E-state index in [0.717, 1.165) is 27.6 Å². The van der Waals surface area contributed by atoms with Crippen molar-refractivity contribution in [2.45, 2.75) is 0 Å². The standard InChI is InChI=1S/C16H14FN2.HI/c1-11(12-5-7-19(2)8-6-12)15-10-18-16-4-3-13(17)9-14(15)16;/h3-10,18H,1H2,2H3;1H/q+1;/p-1. The molecule has 3 aromatic rings. The molecule has 1 aromatic carbocycles. The summed E-state index contributed by atoms with van der Waals surface area (Å²) in [5.74, 6) is -0.236. The zero-order chi connectivity index (χ0) is 13.4. The minimum Gasteiger partial charge on any atom is -1.00 e. The molecule has 0 aliphatic carbocycles. The van der Waals surface area contributed by atoms with Gasteiger partial charge in [-0.3, -0.25) is 0 Å². The summed E-state index contributed by atoms with van der Waals surface area (Å²) < 4.78 is 15.3. The molecule has 0 saturated carbocycles. The van der Waals surface area contributed by atoms with Crippen LogP contribution in [0.15, 0.2) is 55.5 Å². The number of hydrogen-bond acceptors (Lipinski definition) is 0. The van der Waals surface area contributed by atoms with Crippen molar-refractivity contribution in [3.8, 4) is 0 Å². The number of pyridine rings is 1. The summed E-state index contributed by atoms with van der Waals surface area (Å²) in [6.07, 6.45) is 5.81. The number of halogens is 2. The number of aryl methyl sites for hydroxylation is 1. The van der Waals surface area contributed by atoms with Crippen LogP contribution in [0.3, 0.4) is 0 Å². The van der Waals surface area contributed by atoms with E-state index in [1.165, 1.54) is 12.1 Å². The zero-order valence-electron chi connectivity index (χ0n) is 11.0. The summed E-state index contributed by atoms with van der Waals surface area (Å²) >= 11 is 0. The molecule has 3 rings (SSSR count). The van der Waals surface area contributed by atoms with Gasteiger partial charge in [-0.25, -0.2) is 8.96 Å². The molecule has 1 N–H and O–H groups in total. The Bertz CT molecular complexity index is 760. The second-order valence-electron chi connectivity index (χ2n) is 4.62. The van der Waals surface area contributed by atoms with Gasteiger partial charge in [-0.1, -0.05) is 6.58 Å². The number of H-pyrrole nitrogens is 1. The smallest absolute Gasteiger partial charge is 0.169 e. The first-order chi connectivity index (χ1) is 9.15. The fraction of sp³-hybridized carbons (Fsp3) is 0.0625. The summed E-state index contributed by atoms with van der Waals surface area (Å²) in [5, 5.41) is 0.859. The lowest BCUT2D eigenvalue weighted by atomic mass is 10.00. The Labute approximate surface area is 134 Å². The molecule has 0 saturated heterocycles. The highest BCUT2D eigenvalue weighted by Gasteiger charge is 2.10. The van der Waals surface area contributed by atoms with E-state index in [2.05, 4.69) is 11.6 Å². The number of nitrogens with one attached hydrogen (secondary N) is 1. The molecule has 0 radical (unpaired) electrons. The van der Waals surface area contributed by atoms with Gasteiger partial charge in [0.25, 0.3) is 0 Å². The number of aromatic amines is 1. The average molecular weight is 380 g/mol. The van der Waals surface area contributed by atoms with Crippen molar-refractivity contribution in [2.75, 3.05) is 0 Å². The maximum atomic E-state index is 13.4. The fourth-order valence-corrected chi connectivity index (χ4v) is 2.20. The van der Waals surface area contributed by atoms with E-state index >= 15 is 0 Å². The molecule has 2 nitrogen and oxygen atoms in total. The van der Waals surface area contributed by atoms with Crippen molar-refractivity contribution in [2.24, 2.45) is 7.05 Å². The minimum absolute atomic E-state index is 0. The van der Waals surface area contributed by atoms with E-state index in [-0.39, 0.29) is 29.8 Å². The molecule has 102 valence electrons. The Morgan fingerprint density at radius 1 is 1.20 bits per heavy atom. The molecule has 0 unspecified atom stereocenters. The lowest BCUT2D eigenvalue weighted by Crippen LogP contribution is -3.00. The van der Waals surface area contributed by atoms with Crippen LogP contribution in [-0.4, -0.2) is 4.98 Å². The van der Waals surface area contributed by atoms with Gasteiger partial charge in [-0.15, -0.1) is 0 Å². The predicted molar refractivity (Wildman–Crippen MR) is 74.0 cm³/mol. The number of benzene rings is 1. The average Bonchev–Trinajstić information content (AvgIpc) is 2.81. The molecule has 0 aliphatic rings. The van der Waals surface area contributed by atoms with Crippen LogP contribution in [0, 0.1) is 5.82 Å². The van der Waals surface area contributed by atoms with Crippen LogP contribution in [0.1, 0.15) is 11.1 Å². The van der Waals surface area contributed by atoms with Crippen LogP contribution in [0.4, 0.5) is 4.39 Å². The summed E-state index contributed by atoms with van der Waals surface area (Å²) in [5.41, 5.74) is 3.77. The van der Waals surface area contributed by atoms with Gasteiger partial charge in [0.2, 0.25) is 0 Å². The first-order valence-electron chi connectivity index (χ1n) is 6.07. The topological polar surface area (TPSA) is 19.7 Å². The van der Waals surface area contributed by atoms with E-state index in [1.54, 1.807) is 6.07 Å². The largest absolute Gasteiger partial charge is 1.00 e. The van der Waals surface area contributed by atoms with Gasteiger partial charge in [0, 0.05) is 34.8 Å². The SMILES string of the molecule is C=C(c1cc[n+](C)cc1)c1c[nH]c2ccc(F)cc12.[I-]. The van der Waals surface area contributed by atoms with Gasteiger partial charge in [0.15, 0.2) is 12.4 Å². The van der Waals surface area contributed by atoms with E-state index in [9.17, 15) is 4.39 Å². The van der Waals surface area contributed by atoms with Gasteiger partial charge in [-0.05, 0) is 29.3 Å². The molecular formula is C16H14FIN2. The van der Waals surface area contributed by atoms with Crippen LogP contribution in [-0.2, 0) is 7.05 Å². The van der Waals surface area contributed by atoms with Gasteiger partial charge in [0.05, 0.1) is 0 Å². The lowest BCUT2D eigenvalue weighted by molar-refractivity contribution is -0.671. The van der Waals surface area contributed by atoms with Crippen molar-refractivity contribution in [3.05, 3.63) is 72.4 Å². The molecule has 0 atom stereocenters. The molecule has 0 bridgehead atoms. The summed E-state index contributed by atoms with van der Waals surface area (Å²) in [7, 11) is 1.97. The van der Waals surface area contributed by atoms with Gasteiger partial charge in [-0.2, -0.15) is 0 Å². The number of aromatic nitrogens is 2. The highest BCUT2D eigenvalue weighted by atomic mass is 127. The predicted octanol–water partition coefficient (Wildman–Crippen LogP) is 0.197. The first kappa shape index (κ1) is 14.7. The van der Waals surface area contributed by atoms with E-state index in [1.807, 2.05) is 42.3 Å². The zero-order valence-corrected chi connectivity index (χ0v) is 13.2. The van der Waals surface area contributed by atoms with Crippen LogP contribution in [0.5, 0.6) is 0 Å². The molecule has 0 spiro atoms. The Kier molecular flexibility index (Phi) is 4.23. The van der Waals surface area contributed by atoms with E-state index < -0.39 is 0 Å². The van der Waals surface area contributed by atoms with Crippen LogP contribution in [0.2, 0.25) is 0 Å². The molecule has 4 heteroatoms.